The first-order valence-corrected chi connectivity index (χ1v) is 6.59. The van der Waals surface area contributed by atoms with Crippen molar-refractivity contribution in [1.82, 2.24) is 0 Å². The lowest BCUT2D eigenvalue weighted by Crippen LogP contribution is -2.03. The summed E-state index contributed by atoms with van der Waals surface area (Å²) in [6.45, 7) is 0.595. The van der Waals surface area contributed by atoms with Crippen molar-refractivity contribution in [3.8, 4) is 5.75 Å². The largest absolute Gasteiger partial charge is 0.491 e. The van der Waals surface area contributed by atoms with Gasteiger partial charge in [0.2, 0.25) is 0 Å². The maximum Gasteiger partial charge on any atom is 0.146 e. The number of nitrogens with one attached hydrogen (secondary N) is 1. The number of aliphatic hydroxyl groups excluding tert-OH is 1. The Morgan fingerprint density at radius 1 is 1.15 bits per heavy atom. The molecule has 3 nitrogen and oxygen atoms in total. The number of hydrogen-bond donors (Lipinski definition) is 2. The van der Waals surface area contributed by atoms with E-state index in [0.29, 0.717) is 17.9 Å². The van der Waals surface area contributed by atoms with Crippen LogP contribution in [-0.4, -0.2) is 18.3 Å². The van der Waals surface area contributed by atoms with E-state index in [2.05, 4.69) is 5.32 Å². The summed E-state index contributed by atoms with van der Waals surface area (Å²) < 4.78 is 18.9. The van der Waals surface area contributed by atoms with Crippen molar-refractivity contribution in [2.75, 3.05) is 18.5 Å². The molecule has 5 heteroatoms. The summed E-state index contributed by atoms with van der Waals surface area (Å²) >= 11 is 5.73. The van der Waals surface area contributed by atoms with Crippen LogP contribution in [-0.2, 0) is 6.54 Å². The molecule has 0 saturated heterocycles. The first kappa shape index (κ1) is 14.6. The first-order valence-electron chi connectivity index (χ1n) is 6.21. The van der Waals surface area contributed by atoms with Crippen molar-refractivity contribution >= 4 is 17.3 Å². The van der Waals surface area contributed by atoms with Gasteiger partial charge in [-0.15, -0.1) is 0 Å². The fraction of sp³-hybridized carbons (Fsp3) is 0.200. The summed E-state index contributed by atoms with van der Waals surface area (Å²) in [5.74, 6) is 0.281. The minimum absolute atomic E-state index is 0.0198. The molecule has 2 N–H and O–H groups in total. The van der Waals surface area contributed by atoms with E-state index in [9.17, 15) is 4.39 Å². The van der Waals surface area contributed by atoms with Crippen LogP contribution in [0.2, 0.25) is 5.02 Å². The third-order valence-corrected chi connectivity index (χ3v) is 3.02. The Hall–Kier alpha value is -1.78. The van der Waals surface area contributed by atoms with Gasteiger partial charge in [-0.2, -0.15) is 0 Å². The Balaban J connectivity index is 1.95. The van der Waals surface area contributed by atoms with Crippen LogP contribution in [0.5, 0.6) is 5.75 Å². The summed E-state index contributed by atoms with van der Waals surface area (Å²) in [6.07, 6.45) is 0. The standard InChI is InChI=1S/C15H15ClFNO2/c16-14-3-1-2-11(15(14)17)10-18-12-4-6-13(7-5-12)20-9-8-19/h1-7,18-19H,8-10H2. The van der Waals surface area contributed by atoms with Gasteiger partial charge in [0.1, 0.15) is 18.2 Å². The molecule has 0 aliphatic heterocycles. The average molecular weight is 296 g/mol. The van der Waals surface area contributed by atoms with E-state index in [1.165, 1.54) is 6.07 Å². The van der Waals surface area contributed by atoms with Crippen LogP contribution in [0.4, 0.5) is 10.1 Å². The van der Waals surface area contributed by atoms with Crippen molar-refractivity contribution in [2.24, 2.45) is 0 Å². The van der Waals surface area contributed by atoms with Crippen LogP contribution < -0.4 is 10.1 Å². The van der Waals surface area contributed by atoms with Crippen molar-refractivity contribution in [1.29, 1.82) is 0 Å². The van der Waals surface area contributed by atoms with Gasteiger partial charge in [-0.05, 0) is 30.3 Å². The molecule has 106 valence electrons. The second-order valence-corrected chi connectivity index (χ2v) is 4.57. The van der Waals surface area contributed by atoms with Crippen LogP contribution in [0.25, 0.3) is 0 Å². The zero-order valence-corrected chi connectivity index (χ0v) is 11.5. The molecule has 0 aromatic heterocycles. The number of benzene rings is 2. The van der Waals surface area contributed by atoms with Gasteiger partial charge in [-0.3, -0.25) is 0 Å². The normalized spacial score (nSPS) is 10.3. The Labute approximate surface area is 122 Å². The lowest BCUT2D eigenvalue weighted by Gasteiger charge is -2.09. The number of rotatable bonds is 6. The molecular formula is C15H15ClFNO2. The second-order valence-electron chi connectivity index (χ2n) is 4.16. The molecule has 0 bridgehead atoms. The lowest BCUT2D eigenvalue weighted by atomic mass is 10.2. The van der Waals surface area contributed by atoms with Gasteiger partial charge in [0.05, 0.1) is 11.6 Å². The third-order valence-electron chi connectivity index (χ3n) is 2.73. The Morgan fingerprint density at radius 3 is 2.60 bits per heavy atom. The summed E-state index contributed by atoms with van der Waals surface area (Å²) in [5, 5.41) is 11.9. The van der Waals surface area contributed by atoms with Gasteiger partial charge < -0.3 is 15.2 Å². The highest BCUT2D eigenvalue weighted by atomic mass is 35.5. The predicted octanol–water partition coefficient (Wildman–Crippen LogP) is 3.46. The smallest absolute Gasteiger partial charge is 0.146 e. The molecule has 0 aliphatic rings. The maximum absolute atomic E-state index is 13.7. The van der Waals surface area contributed by atoms with E-state index >= 15 is 0 Å². The zero-order chi connectivity index (χ0) is 14.4. The predicted molar refractivity (Wildman–Crippen MR) is 77.8 cm³/mol. The highest BCUT2D eigenvalue weighted by molar-refractivity contribution is 6.30. The molecule has 0 unspecified atom stereocenters. The topological polar surface area (TPSA) is 41.5 Å². The highest BCUT2D eigenvalue weighted by Gasteiger charge is 2.05. The Morgan fingerprint density at radius 2 is 1.90 bits per heavy atom. The van der Waals surface area contributed by atoms with Gasteiger partial charge in [0, 0.05) is 17.8 Å². The average Bonchev–Trinajstić information content (AvgIpc) is 2.48. The summed E-state index contributed by atoms with van der Waals surface area (Å²) in [5.41, 5.74) is 1.36. The van der Waals surface area contributed by atoms with Crippen LogP contribution in [0.1, 0.15) is 5.56 Å². The number of aliphatic hydroxyl groups is 1. The first-order chi connectivity index (χ1) is 9.70. The van der Waals surface area contributed by atoms with Crippen molar-refractivity contribution in [3.05, 3.63) is 58.9 Å². The third kappa shape index (κ3) is 3.85. The molecule has 0 radical (unpaired) electrons. The number of anilines is 1. The Kier molecular flexibility index (Phi) is 5.21. The number of hydrogen-bond acceptors (Lipinski definition) is 3. The maximum atomic E-state index is 13.7. The molecule has 0 spiro atoms. The quantitative estimate of drug-likeness (QED) is 0.857. The summed E-state index contributed by atoms with van der Waals surface area (Å²) in [4.78, 5) is 0. The minimum atomic E-state index is -0.399. The van der Waals surface area contributed by atoms with E-state index in [0.717, 1.165) is 5.69 Å². The molecular weight excluding hydrogens is 281 g/mol. The van der Waals surface area contributed by atoms with Crippen molar-refractivity contribution in [3.63, 3.8) is 0 Å². The van der Waals surface area contributed by atoms with Gasteiger partial charge in [0.25, 0.3) is 0 Å². The Bertz CT molecular complexity index is 560. The van der Waals surface area contributed by atoms with Gasteiger partial charge in [-0.25, -0.2) is 4.39 Å². The van der Waals surface area contributed by atoms with E-state index in [4.69, 9.17) is 21.4 Å². The van der Waals surface area contributed by atoms with Gasteiger partial charge in [-0.1, -0.05) is 23.7 Å². The van der Waals surface area contributed by atoms with Gasteiger partial charge >= 0.3 is 0 Å². The SMILES string of the molecule is OCCOc1ccc(NCc2cccc(Cl)c2F)cc1. The van der Waals surface area contributed by atoms with E-state index in [-0.39, 0.29) is 18.2 Å². The van der Waals surface area contributed by atoms with E-state index in [1.807, 2.05) is 12.1 Å². The summed E-state index contributed by atoms with van der Waals surface area (Å²) in [6, 6.07) is 12.2. The fourth-order valence-electron chi connectivity index (χ4n) is 1.71. The highest BCUT2D eigenvalue weighted by Crippen LogP contribution is 2.20. The zero-order valence-electron chi connectivity index (χ0n) is 10.8. The number of ether oxygens (including phenoxy) is 1. The lowest BCUT2D eigenvalue weighted by molar-refractivity contribution is 0.201. The van der Waals surface area contributed by atoms with Crippen LogP contribution in [0.15, 0.2) is 42.5 Å². The molecule has 0 saturated carbocycles. The molecule has 2 rings (SSSR count). The van der Waals surface area contributed by atoms with Crippen LogP contribution >= 0.6 is 11.6 Å². The number of halogens is 2. The molecule has 0 aliphatic carbocycles. The van der Waals surface area contributed by atoms with Crippen molar-refractivity contribution < 1.29 is 14.2 Å². The molecule has 20 heavy (non-hydrogen) atoms. The minimum Gasteiger partial charge on any atom is -0.491 e. The molecule has 0 fully saturated rings. The van der Waals surface area contributed by atoms with Crippen LogP contribution in [0, 0.1) is 5.82 Å². The second kappa shape index (κ2) is 7.12. The monoisotopic (exact) mass is 295 g/mol. The van der Waals surface area contributed by atoms with Crippen molar-refractivity contribution in [2.45, 2.75) is 6.54 Å². The molecule has 0 atom stereocenters. The van der Waals surface area contributed by atoms with E-state index < -0.39 is 5.82 Å². The molecule has 0 amide bonds. The molecule has 2 aromatic carbocycles. The van der Waals surface area contributed by atoms with E-state index in [1.54, 1.807) is 24.3 Å². The van der Waals surface area contributed by atoms with Crippen LogP contribution in [0.3, 0.4) is 0 Å². The summed E-state index contributed by atoms with van der Waals surface area (Å²) in [7, 11) is 0. The van der Waals surface area contributed by atoms with Gasteiger partial charge in [0.15, 0.2) is 0 Å². The fourth-order valence-corrected chi connectivity index (χ4v) is 1.91. The molecule has 2 aromatic rings. The molecule has 0 heterocycles.